The van der Waals surface area contributed by atoms with Crippen LogP contribution in [-0.4, -0.2) is 27.8 Å². The first kappa shape index (κ1) is 11.0. The largest absolute Gasteiger partial charge is 0.468 e. The molecule has 0 bridgehead atoms. The van der Waals surface area contributed by atoms with Gasteiger partial charge in [0.05, 0.1) is 12.0 Å². The van der Waals surface area contributed by atoms with Crippen LogP contribution < -0.4 is 0 Å². The van der Waals surface area contributed by atoms with E-state index in [4.69, 9.17) is 12.2 Å². The molecule has 2 heterocycles. The lowest BCUT2D eigenvalue weighted by molar-refractivity contribution is -0.141. The van der Waals surface area contributed by atoms with Gasteiger partial charge in [-0.3, -0.25) is 14.5 Å². The summed E-state index contributed by atoms with van der Waals surface area (Å²) in [5.41, 5.74) is 0. The van der Waals surface area contributed by atoms with E-state index >= 15 is 0 Å². The van der Waals surface area contributed by atoms with E-state index in [2.05, 4.69) is 14.9 Å². The second-order valence-electron chi connectivity index (χ2n) is 2.99. The minimum absolute atomic E-state index is 0.0685. The van der Waals surface area contributed by atoms with Crippen molar-refractivity contribution >= 4 is 29.5 Å². The third kappa shape index (κ3) is 2.05. The highest BCUT2D eigenvalue weighted by Crippen LogP contribution is 2.22. The van der Waals surface area contributed by atoms with E-state index in [0.717, 1.165) is 4.88 Å². The van der Waals surface area contributed by atoms with E-state index in [9.17, 15) is 4.79 Å². The van der Waals surface area contributed by atoms with Gasteiger partial charge in [0.25, 0.3) is 0 Å². The summed E-state index contributed by atoms with van der Waals surface area (Å²) < 4.78 is 6.64. The Labute approximate surface area is 101 Å². The summed E-state index contributed by atoms with van der Waals surface area (Å²) in [6, 6.07) is 3.84. The number of hydrogen-bond acceptors (Lipinski definition) is 5. The Balaban J connectivity index is 2.41. The molecule has 0 spiro atoms. The van der Waals surface area contributed by atoms with Crippen molar-refractivity contribution in [2.24, 2.45) is 0 Å². The zero-order valence-corrected chi connectivity index (χ0v) is 10.1. The molecule has 1 N–H and O–H groups in total. The Morgan fingerprint density at radius 3 is 3.19 bits per heavy atom. The van der Waals surface area contributed by atoms with Crippen molar-refractivity contribution < 1.29 is 9.53 Å². The zero-order chi connectivity index (χ0) is 11.5. The molecule has 0 saturated heterocycles. The maximum absolute atomic E-state index is 11.2. The summed E-state index contributed by atoms with van der Waals surface area (Å²) in [5, 5.41) is 8.70. The van der Waals surface area contributed by atoms with Gasteiger partial charge in [0.2, 0.25) is 0 Å². The zero-order valence-electron chi connectivity index (χ0n) is 8.47. The van der Waals surface area contributed by atoms with E-state index in [0.29, 0.717) is 10.6 Å². The first-order chi connectivity index (χ1) is 7.72. The molecule has 0 unspecified atom stereocenters. The number of thiophene rings is 1. The quantitative estimate of drug-likeness (QED) is 0.671. The first-order valence-electron chi connectivity index (χ1n) is 4.48. The maximum Gasteiger partial charge on any atom is 0.325 e. The van der Waals surface area contributed by atoms with Gasteiger partial charge in [0, 0.05) is 0 Å². The Bertz CT molecular complexity index is 541. The minimum atomic E-state index is -0.352. The second-order valence-corrected chi connectivity index (χ2v) is 4.33. The van der Waals surface area contributed by atoms with Gasteiger partial charge in [0.15, 0.2) is 10.6 Å². The predicted octanol–water partition coefficient (Wildman–Crippen LogP) is 1.84. The summed E-state index contributed by atoms with van der Waals surface area (Å²) in [6.07, 6.45) is 0. The standard InChI is InChI=1S/C9H9N3O2S2/c1-14-7(13)5-12-8(10-11-9(12)15)6-3-2-4-16-6/h2-4H,5H2,1H3,(H,11,15). The molecule has 0 radical (unpaired) electrons. The van der Waals surface area contributed by atoms with Crippen molar-refractivity contribution in [2.75, 3.05) is 7.11 Å². The van der Waals surface area contributed by atoms with E-state index < -0.39 is 0 Å². The van der Waals surface area contributed by atoms with Crippen LogP contribution in [0.4, 0.5) is 0 Å². The Morgan fingerprint density at radius 1 is 1.75 bits per heavy atom. The van der Waals surface area contributed by atoms with Crippen LogP contribution in [0.1, 0.15) is 0 Å². The molecular weight excluding hydrogens is 246 g/mol. The average Bonchev–Trinajstić information content (AvgIpc) is 2.89. The van der Waals surface area contributed by atoms with Crippen molar-refractivity contribution in [3.8, 4) is 10.7 Å². The Morgan fingerprint density at radius 2 is 2.56 bits per heavy atom. The van der Waals surface area contributed by atoms with Gasteiger partial charge in [-0.15, -0.1) is 11.3 Å². The molecule has 7 heteroatoms. The van der Waals surface area contributed by atoms with Crippen molar-refractivity contribution in [3.05, 3.63) is 22.3 Å². The lowest BCUT2D eigenvalue weighted by Crippen LogP contribution is -2.12. The number of hydrogen-bond donors (Lipinski definition) is 1. The molecule has 0 saturated carbocycles. The molecule has 16 heavy (non-hydrogen) atoms. The Hall–Kier alpha value is -1.47. The van der Waals surface area contributed by atoms with Gasteiger partial charge >= 0.3 is 5.97 Å². The smallest absolute Gasteiger partial charge is 0.325 e. The van der Waals surface area contributed by atoms with Gasteiger partial charge < -0.3 is 4.74 Å². The number of carbonyl (C=O) groups is 1. The lowest BCUT2D eigenvalue weighted by Gasteiger charge is -2.03. The van der Waals surface area contributed by atoms with E-state index in [1.54, 1.807) is 4.57 Å². The summed E-state index contributed by atoms with van der Waals surface area (Å²) in [7, 11) is 1.34. The highest BCUT2D eigenvalue weighted by atomic mass is 32.1. The van der Waals surface area contributed by atoms with Gasteiger partial charge in [-0.2, -0.15) is 5.10 Å². The molecule has 0 fully saturated rings. The second kappa shape index (κ2) is 4.58. The molecular formula is C9H9N3O2S2. The summed E-state index contributed by atoms with van der Waals surface area (Å²) >= 11 is 6.59. The monoisotopic (exact) mass is 255 g/mol. The molecule has 0 aliphatic carbocycles. The van der Waals surface area contributed by atoms with Crippen LogP contribution in [0.5, 0.6) is 0 Å². The highest BCUT2D eigenvalue weighted by Gasteiger charge is 2.12. The molecule has 0 aromatic carbocycles. The van der Waals surface area contributed by atoms with E-state index in [1.807, 2.05) is 17.5 Å². The topological polar surface area (TPSA) is 59.9 Å². The average molecular weight is 255 g/mol. The van der Waals surface area contributed by atoms with Gasteiger partial charge in [-0.25, -0.2) is 0 Å². The molecule has 0 atom stereocenters. The van der Waals surface area contributed by atoms with Crippen LogP contribution in [0.15, 0.2) is 17.5 Å². The maximum atomic E-state index is 11.2. The molecule has 2 aromatic heterocycles. The van der Waals surface area contributed by atoms with Crippen molar-refractivity contribution in [1.29, 1.82) is 0 Å². The molecule has 5 nitrogen and oxygen atoms in total. The van der Waals surface area contributed by atoms with Gasteiger partial charge in [-0.1, -0.05) is 6.07 Å². The molecule has 84 valence electrons. The number of carbonyl (C=O) groups excluding carboxylic acids is 1. The number of nitrogens with zero attached hydrogens (tertiary/aromatic N) is 2. The fourth-order valence-corrected chi connectivity index (χ4v) is 2.17. The summed E-state index contributed by atoms with van der Waals surface area (Å²) in [6.45, 7) is 0.0685. The van der Waals surface area contributed by atoms with Crippen molar-refractivity contribution in [3.63, 3.8) is 0 Å². The van der Waals surface area contributed by atoms with E-state index in [1.165, 1.54) is 18.4 Å². The number of aromatic nitrogens is 3. The fraction of sp³-hybridized carbons (Fsp3) is 0.222. The minimum Gasteiger partial charge on any atom is -0.468 e. The number of esters is 1. The normalized spacial score (nSPS) is 10.3. The highest BCUT2D eigenvalue weighted by molar-refractivity contribution is 7.71. The number of ether oxygens (including phenoxy) is 1. The molecule has 0 aliphatic rings. The van der Waals surface area contributed by atoms with Gasteiger partial charge in [-0.05, 0) is 23.7 Å². The van der Waals surface area contributed by atoms with Gasteiger partial charge in [0.1, 0.15) is 6.54 Å². The molecule has 0 aliphatic heterocycles. The number of aromatic amines is 1. The molecule has 2 rings (SSSR count). The van der Waals surface area contributed by atoms with Crippen LogP contribution >= 0.6 is 23.6 Å². The van der Waals surface area contributed by atoms with Crippen LogP contribution in [-0.2, 0) is 16.1 Å². The predicted molar refractivity (Wildman–Crippen MR) is 62.7 cm³/mol. The fourth-order valence-electron chi connectivity index (χ4n) is 1.25. The number of nitrogens with one attached hydrogen (secondary N) is 1. The van der Waals surface area contributed by atoms with Crippen molar-refractivity contribution in [2.45, 2.75) is 6.54 Å². The van der Waals surface area contributed by atoms with E-state index in [-0.39, 0.29) is 12.5 Å². The molecule has 2 aromatic rings. The number of H-pyrrole nitrogens is 1. The molecule has 0 amide bonds. The van der Waals surface area contributed by atoms with Crippen LogP contribution in [0.2, 0.25) is 0 Å². The lowest BCUT2D eigenvalue weighted by atomic mass is 10.4. The third-order valence-corrected chi connectivity index (χ3v) is 3.19. The summed E-state index contributed by atoms with van der Waals surface area (Å²) in [5.74, 6) is 0.306. The summed E-state index contributed by atoms with van der Waals surface area (Å²) in [4.78, 5) is 12.2. The van der Waals surface area contributed by atoms with Crippen LogP contribution in [0, 0.1) is 4.77 Å². The number of methoxy groups -OCH3 is 1. The number of rotatable bonds is 3. The first-order valence-corrected chi connectivity index (χ1v) is 5.77. The Kier molecular flexibility index (Phi) is 3.16. The van der Waals surface area contributed by atoms with Crippen LogP contribution in [0.25, 0.3) is 10.7 Å². The van der Waals surface area contributed by atoms with Crippen LogP contribution in [0.3, 0.4) is 0 Å². The SMILES string of the molecule is COC(=O)Cn1c(-c2cccs2)n[nH]c1=S. The third-order valence-electron chi connectivity index (χ3n) is 2.01. The van der Waals surface area contributed by atoms with Crippen molar-refractivity contribution in [1.82, 2.24) is 14.8 Å².